The van der Waals surface area contributed by atoms with Crippen LogP contribution in [0.15, 0.2) is 12.1 Å². The summed E-state index contributed by atoms with van der Waals surface area (Å²) in [6, 6.07) is 1.36. The van der Waals surface area contributed by atoms with Crippen LogP contribution in [0.3, 0.4) is 0 Å². The summed E-state index contributed by atoms with van der Waals surface area (Å²) < 4.78 is 15.0. The fourth-order valence-corrected chi connectivity index (χ4v) is 3.41. The van der Waals surface area contributed by atoms with Gasteiger partial charge in [0.25, 0.3) is 5.91 Å². The van der Waals surface area contributed by atoms with E-state index in [2.05, 4.69) is 16.8 Å². The van der Waals surface area contributed by atoms with Crippen LogP contribution in [0.4, 0.5) is 4.39 Å². The molecule has 0 bridgehead atoms. The molecule has 3 N–H and O–H groups in total. The Hall–Kier alpha value is -3.07. The van der Waals surface area contributed by atoms with Crippen molar-refractivity contribution in [3.63, 3.8) is 0 Å². The van der Waals surface area contributed by atoms with Crippen molar-refractivity contribution in [2.24, 2.45) is 5.73 Å². The highest BCUT2D eigenvalue weighted by atomic mass is 19.1. The fraction of sp³-hybridized carbons (Fsp3) is 0.300. The molecule has 0 radical (unpaired) electrons. The van der Waals surface area contributed by atoms with Gasteiger partial charge in [0, 0.05) is 29.7 Å². The van der Waals surface area contributed by atoms with Gasteiger partial charge in [-0.1, -0.05) is 12.0 Å². The number of nitrogens with zero attached hydrogens (tertiary/aromatic N) is 1. The molecule has 0 unspecified atom stereocenters. The number of halogens is 1. The van der Waals surface area contributed by atoms with Crippen molar-refractivity contribution in [3.8, 4) is 11.8 Å². The number of H-pyrrole nitrogens is 1. The van der Waals surface area contributed by atoms with Crippen LogP contribution >= 0.6 is 0 Å². The molecule has 26 heavy (non-hydrogen) atoms. The molecule has 0 aliphatic carbocycles. The topological polar surface area (TPSA) is 79.2 Å². The molecule has 134 valence electrons. The molecule has 6 heteroatoms. The van der Waals surface area contributed by atoms with E-state index < -0.39 is 11.7 Å². The number of rotatable bonds is 3. The van der Waals surface area contributed by atoms with Crippen molar-refractivity contribution in [2.75, 3.05) is 13.1 Å². The Bertz CT molecular complexity index is 1020. The molecule has 0 spiro atoms. The molecule has 1 aliphatic heterocycles. The quantitative estimate of drug-likeness (QED) is 0.830. The standard InChI is InChI=1S/C20H20FN3O2/c1-4-5-17(26)24-7-6-13(10-24)19-15(21)8-14(9-16(22)25)20-18(19)11(2)12(3)23-20/h6,8,23H,7,9-10H2,1-3H3,(H2,22,25). The molecule has 0 fully saturated rings. The van der Waals surface area contributed by atoms with Crippen LogP contribution in [-0.4, -0.2) is 34.8 Å². The van der Waals surface area contributed by atoms with Gasteiger partial charge < -0.3 is 15.6 Å². The van der Waals surface area contributed by atoms with E-state index in [0.717, 1.165) is 22.2 Å². The van der Waals surface area contributed by atoms with Gasteiger partial charge in [0.05, 0.1) is 11.9 Å². The van der Waals surface area contributed by atoms with E-state index in [1.165, 1.54) is 6.07 Å². The summed E-state index contributed by atoms with van der Waals surface area (Å²) in [5, 5.41) is 0.737. The lowest BCUT2D eigenvalue weighted by Crippen LogP contribution is -2.27. The molecule has 1 aromatic carbocycles. The maximum Gasteiger partial charge on any atom is 0.299 e. The second-order valence-corrected chi connectivity index (χ2v) is 6.45. The van der Waals surface area contributed by atoms with Gasteiger partial charge >= 0.3 is 0 Å². The van der Waals surface area contributed by atoms with E-state index in [4.69, 9.17) is 5.73 Å². The Labute approximate surface area is 151 Å². The van der Waals surface area contributed by atoms with Crippen molar-refractivity contribution in [2.45, 2.75) is 27.2 Å². The van der Waals surface area contributed by atoms with Crippen molar-refractivity contribution in [1.29, 1.82) is 0 Å². The van der Waals surface area contributed by atoms with Gasteiger partial charge in [0.15, 0.2) is 0 Å². The van der Waals surface area contributed by atoms with Gasteiger partial charge in [-0.15, -0.1) is 0 Å². The van der Waals surface area contributed by atoms with Crippen LogP contribution in [0.25, 0.3) is 16.5 Å². The molecule has 2 amide bonds. The minimum atomic E-state index is -0.515. The number of benzene rings is 1. The predicted molar refractivity (Wildman–Crippen MR) is 98.6 cm³/mol. The highest BCUT2D eigenvalue weighted by Crippen LogP contribution is 2.36. The van der Waals surface area contributed by atoms with E-state index in [0.29, 0.717) is 29.7 Å². The SMILES string of the molecule is CC#CC(=O)N1CC=C(c2c(F)cc(CC(N)=O)c3[nH]c(C)c(C)c23)C1. The van der Waals surface area contributed by atoms with Gasteiger partial charge in [-0.3, -0.25) is 9.59 Å². The first kappa shape index (κ1) is 17.7. The van der Waals surface area contributed by atoms with Crippen LogP contribution in [0.2, 0.25) is 0 Å². The van der Waals surface area contributed by atoms with Crippen LogP contribution in [-0.2, 0) is 16.0 Å². The zero-order valence-electron chi connectivity index (χ0n) is 15.0. The highest BCUT2D eigenvalue weighted by Gasteiger charge is 2.25. The Balaban J connectivity index is 2.12. The van der Waals surface area contributed by atoms with Crippen LogP contribution in [0.1, 0.15) is 29.3 Å². The molecule has 5 nitrogen and oxygen atoms in total. The minimum absolute atomic E-state index is 0.0388. The molecule has 0 saturated carbocycles. The molecular weight excluding hydrogens is 333 g/mol. The molecule has 2 aromatic rings. The summed E-state index contributed by atoms with van der Waals surface area (Å²) in [7, 11) is 0. The monoisotopic (exact) mass is 353 g/mol. The third-order valence-electron chi connectivity index (χ3n) is 4.74. The number of hydrogen-bond donors (Lipinski definition) is 2. The summed E-state index contributed by atoms with van der Waals surface area (Å²) in [4.78, 5) is 28.2. The van der Waals surface area contributed by atoms with E-state index in [-0.39, 0.29) is 12.3 Å². The van der Waals surface area contributed by atoms with E-state index in [1.807, 2.05) is 19.9 Å². The van der Waals surface area contributed by atoms with Crippen molar-refractivity contribution >= 4 is 28.3 Å². The van der Waals surface area contributed by atoms with Gasteiger partial charge in [-0.2, -0.15) is 0 Å². The van der Waals surface area contributed by atoms with E-state index in [9.17, 15) is 9.59 Å². The van der Waals surface area contributed by atoms with Crippen LogP contribution in [0, 0.1) is 31.5 Å². The molecule has 1 aliphatic rings. The number of hydrogen-bond acceptors (Lipinski definition) is 2. The van der Waals surface area contributed by atoms with Crippen LogP contribution in [0.5, 0.6) is 0 Å². The zero-order valence-corrected chi connectivity index (χ0v) is 15.0. The maximum absolute atomic E-state index is 15.0. The number of nitrogens with two attached hydrogens (primary N) is 1. The number of primary amides is 1. The van der Waals surface area contributed by atoms with E-state index >= 15 is 4.39 Å². The first-order valence-corrected chi connectivity index (χ1v) is 8.33. The van der Waals surface area contributed by atoms with Crippen LogP contribution < -0.4 is 5.73 Å². The van der Waals surface area contributed by atoms with Crippen molar-refractivity contribution in [3.05, 3.63) is 40.3 Å². The Morgan fingerprint density at radius 1 is 1.38 bits per heavy atom. The number of nitrogens with one attached hydrogen (secondary N) is 1. The molecule has 0 atom stereocenters. The van der Waals surface area contributed by atoms with Gasteiger partial charge in [0.1, 0.15) is 5.82 Å². The number of aryl methyl sites for hydroxylation is 2. The Morgan fingerprint density at radius 3 is 2.77 bits per heavy atom. The molecular formula is C20H20FN3O2. The average molecular weight is 353 g/mol. The number of fused-ring (bicyclic) bond motifs is 1. The average Bonchev–Trinajstić information content (AvgIpc) is 3.15. The van der Waals surface area contributed by atoms with Crippen molar-refractivity contribution < 1.29 is 14.0 Å². The lowest BCUT2D eigenvalue weighted by Gasteiger charge is -2.15. The molecule has 2 heterocycles. The summed E-state index contributed by atoms with van der Waals surface area (Å²) in [6.45, 7) is 6.12. The minimum Gasteiger partial charge on any atom is -0.369 e. The lowest BCUT2D eigenvalue weighted by atomic mass is 9.95. The normalized spacial score (nSPS) is 13.5. The maximum atomic E-state index is 15.0. The first-order valence-electron chi connectivity index (χ1n) is 8.33. The zero-order chi connectivity index (χ0) is 19.0. The Morgan fingerprint density at radius 2 is 2.12 bits per heavy atom. The number of carbonyl (C=O) groups excluding carboxylic acids is 2. The first-order chi connectivity index (χ1) is 12.3. The summed E-state index contributed by atoms with van der Waals surface area (Å²) in [5.41, 5.74) is 9.59. The number of aromatic amines is 1. The second kappa shape index (κ2) is 6.68. The van der Waals surface area contributed by atoms with Gasteiger partial charge in [-0.25, -0.2) is 4.39 Å². The summed E-state index contributed by atoms with van der Waals surface area (Å²) >= 11 is 0. The smallest absolute Gasteiger partial charge is 0.299 e. The second-order valence-electron chi connectivity index (χ2n) is 6.45. The number of amides is 2. The van der Waals surface area contributed by atoms with Crippen molar-refractivity contribution in [1.82, 2.24) is 9.88 Å². The highest BCUT2D eigenvalue weighted by molar-refractivity contribution is 6.01. The molecule has 1 aromatic heterocycles. The fourth-order valence-electron chi connectivity index (χ4n) is 3.41. The third kappa shape index (κ3) is 2.97. The molecule has 3 rings (SSSR count). The summed E-state index contributed by atoms with van der Waals surface area (Å²) in [5.74, 6) is 3.89. The largest absolute Gasteiger partial charge is 0.369 e. The Kier molecular flexibility index (Phi) is 4.56. The summed E-state index contributed by atoms with van der Waals surface area (Å²) in [6.07, 6.45) is 1.81. The number of aromatic nitrogens is 1. The lowest BCUT2D eigenvalue weighted by molar-refractivity contribution is -0.123. The third-order valence-corrected chi connectivity index (χ3v) is 4.74. The van der Waals surface area contributed by atoms with Gasteiger partial charge in [0.2, 0.25) is 5.91 Å². The predicted octanol–water partition coefficient (Wildman–Crippen LogP) is 2.20. The van der Waals surface area contributed by atoms with E-state index in [1.54, 1.807) is 11.8 Å². The number of carbonyl (C=O) groups is 2. The van der Waals surface area contributed by atoms with Gasteiger partial charge in [-0.05, 0) is 49.5 Å². The molecule has 0 saturated heterocycles.